The molecule has 0 saturated carbocycles. The second-order valence-electron chi connectivity index (χ2n) is 5.24. The number of rotatable bonds is 2. The fraction of sp³-hybridized carbons (Fsp3) is 0.125. The molecule has 0 radical (unpaired) electrons. The molecule has 108 valence electrons. The topological polar surface area (TPSA) is 69.1 Å². The molecule has 3 aromatic heterocycles. The minimum absolute atomic E-state index is 0.516. The molecule has 0 aliphatic heterocycles. The Bertz CT molecular complexity index is 970. The summed E-state index contributed by atoms with van der Waals surface area (Å²) in [4.78, 5) is 4.48. The number of nitrogens with zero attached hydrogens (tertiary/aromatic N) is 5. The molecule has 0 unspecified atom stereocenters. The number of aromatic nitrogens is 5. The zero-order chi connectivity index (χ0) is 15.1. The van der Waals surface area contributed by atoms with Crippen LogP contribution < -0.4 is 0 Å². The highest BCUT2D eigenvalue weighted by Crippen LogP contribution is 2.24. The average molecular weight is 291 g/mol. The SMILES string of the molecule is Cc1ccc(-c2nc(-c3ccc4nncn4c3)no2)cc1C. The number of pyridine rings is 1. The molecular formula is C16H13N5O. The maximum absolute atomic E-state index is 5.39. The summed E-state index contributed by atoms with van der Waals surface area (Å²) >= 11 is 0. The van der Waals surface area contributed by atoms with Gasteiger partial charge in [0.15, 0.2) is 5.65 Å². The smallest absolute Gasteiger partial charge is 0.258 e. The van der Waals surface area contributed by atoms with E-state index in [0.29, 0.717) is 11.7 Å². The summed E-state index contributed by atoms with van der Waals surface area (Å²) in [5.41, 5.74) is 4.99. The van der Waals surface area contributed by atoms with Crippen LogP contribution in [0.5, 0.6) is 0 Å². The summed E-state index contributed by atoms with van der Waals surface area (Å²) in [5.74, 6) is 1.06. The van der Waals surface area contributed by atoms with Crippen molar-refractivity contribution in [2.24, 2.45) is 0 Å². The molecule has 4 aromatic rings. The van der Waals surface area contributed by atoms with E-state index in [-0.39, 0.29) is 0 Å². The van der Waals surface area contributed by atoms with Crippen LogP contribution in [0.25, 0.3) is 28.5 Å². The third-order valence-corrected chi connectivity index (χ3v) is 3.73. The van der Waals surface area contributed by atoms with E-state index in [1.165, 1.54) is 11.1 Å². The van der Waals surface area contributed by atoms with E-state index in [0.717, 1.165) is 16.8 Å². The molecule has 1 aromatic carbocycles. The highest BCUT2D eigenvalue weighted by atomic mass is 16.5. The molecule has 3 heterocycles. The van der Waals surface area contributed by atoms with E-state index in [4.69, 9.17) is 4.52 Å². The lowest BCUT2D eigenvalue weighted by Gasteiger charge is -2.00. The second-order valence-corrected chi connectivity index (χ2v) is 5.24. The van der Waals surface area contributed by atoms with Crippen LogP contribution in [0.3, 0.4) is 0 Å². The zero-order valence-electron chi connectivity index (χ0n) is 12.2. The number of fused-ring (bicyclic) bond motifs is 1. The summed E-state index contributed by atoms with van der Waals surface area (Å²) in [6.45, 7) is 4.14. The highest BCUT2D eigenvalue weighted by molar-refractivity contribution is 5.61. The Morgan fingerprint density at radius 1 is 1.00 bits per heavy atom. The number of benzene rings is 1. The first kappa shape index (κ1) is 12.7. The minimum Gasteiger partial charge on any atom is -0.334 e. The van der Waals surface area contributed by atoms with Crippen LogP contribution in [0.2, 0.25) is 0 Å². The Kier molecular flexibility index (Phi) is 2.75. The van der Waals surface area contributed by atoms with E-state index in [9.17, 15) is 0 Å². The van der Waals surface area contributed by atoms with Crippen LogP contribution in [0, 0.1) is 13.8 Å². The van der Waals surface area contributed by atoms with Gasteiger partial charge in [0.25, 0.3) is 5.89 Å². The van der Waals surface area contributed by atoms with Gasteiger partial charge in [-0.3, -0.25) is 4.40 Å². The van der Waals surface area contributed by atoms with Gasteiger partial charge in [-0.05, 0) is 49.2 Å². The lowest BCUT2D eigenvalue weighted by Crippen LogP contribution is -1.87. The zero-order valence-corrected chi connectivity index (χ0v) is 12.2. The van der Waals surface area contributed by atoms with Gasteiger partial charge in [-0.1, -0.05) is 11.2 Å². The van der Waals surface area contributed by atoms with Gasteiger partial charge in [0.2, 0.25) is 5.82 Å². The van der Waals surface area contributed by atoms with Crippen LogP contribution in [-0.2, 0) is 0 Å². The molecule has 0 amide bonds. The number of aryl methyl sites for hydroxylation is 2. The van der Waals surface area contributed by atoms with E-state index in [2.05, 4.69) is 46.3 Å². The molecule has 22 heavy (non-hydrogen) atoms. The standard InChI is InChI=1S/C16H13N5O/c1-10-3-4-12(7-11(10)2)16-18-15(20-22-16)13-5-6-14-19-17-9-21(14)8-13/h3-9H,1-2H3. The van der Waals surface area contributed by atoms with Crippen LogP contribution in [0.4, 0.5) is 0 Å². The first-order chi connectivity index (χ1) is 10.7. The minimum atomic E-state index is 0.516. The van der Waals surface area contributed by atoms with Gasteiger partial charge in [0.1, 0.15) is 6.33 Å². The molecule has 0 atom stereocenters. The van der Waals surface area contributed by atoms with Crippen molar-refractivity contribution in [1.29, 1.82) is 0 Å². The molecule has 0 N–H and O–H groups in total. The molecule has 4 rings (SSSR count). The molecule has 0 fully saturated rings. The summed E-state index contributed by atoms with van der Waals surface area (Å²) in [5, 5.41) is 11.9. The van der Waals surface area contributed by atoms with Crippen molar-refractivity contribution in [3.63, 3.8) is 0 Å². The summed E-state index contributed by atoms with van der Waals surface area (Å²) in [6, 6.07) is 9.86. The van der Waals surface area contributed by atoms with Gasteiger partial charge in [-0.15, -0.1) is 10.2 Å². The predicted molar refractivity (Wildman–Crippen MR) is 81.2 cm³/mol. The predicted octanol–water partition coefficient (Wildman–Crippen LogP) is 3.06. The first-order valence-corrected chi connectivity index (χ1v) is 6.92. The van der Waals surface area contributed by atoms with Crippen LogP contribution in [-0.4, -0.2) is 24.7 Å². The van der Waals surface area contributed by atoms with Gasteiger partial charge in [-0.2, -0.15) is 4.98 Å². The average Bonchev–Trinajstić information content (AvgIpc) is 3.17. The van der Waals surface area contributed by atoms with Crippen LogP contribution in [0.1, 0.15) is 11.1 Å². The van der Waals surface area contributed by atoms with Crippen molar-refractivity contribution in [2.45, 2.75) is 13.8 Å². The molecular weight excluding hydrogens is 278 g/mol. The quantitative estimate of drug-likeness (QED) is 0.567. The molecule has 0 saturated heterocycles. The Morgan fingerprint density at radius 2 is 1.86 bits per heavy atom. The molecule has 6 heteroatoms. The Morgan fingerprint density at radius 3 is 2.73 bits per heavy atom. The van der Waals surface area contributed by atoms with Crippen molar-refractivity contribution in [3.05, 3.63) is 54.0 Å². The summed E-state index contributed by atoms with van der Waals surface area (Å²) < 4.78 is 7.21. The Hall–Kier alpha value is -3.02. The third-order valence-electron chi connectivity index (χ3n) is 3.73. The Balaban J connectivity index is 1.75. The highest BCUT2D eigenvalue weighted by Gasteiger charge is 2.12. The number of hydrogen-bond acceptors (Lipinski definition) is 5. The lowest BCUT2D eigenvalue weighted by molar-refractivity contribution is 0.432. The first-order valence-electron chi connectivity index (χ1n) is 6.92. The molecule has 6 nitrogen and oxygen atoms in total. The van der Waals surface area contributed by atoms with Crippen molar-refractivity contribution < 1.29 is 4.52 Å². The lowest BCUT2D eigenvalue weighted by atomic mass is 10.1. The van der Waals surface area contributed by atoms with Gasteiger partial charge in [0.05, 0.1) is 0 Å². The monoisotopic (exact) mass is 291 g/mol. The second kappa shape index (κ2) is 4.77. The third kappa shape index (κ3) is 2.05. The van der Waals surface area contributed by atoms with Crippen molar-refractivity contribution >= 4 is 5.65 Å². The molecule has 0 spiro atoms. The van der Waals surface area contributed by atoms with Crippen molar-refractivity contribution in [2.75, 3.05) is 0 Å². The molecule has 0 aliphatic carbocycles. The van der Waals surface area contributed by atoms with E-state index < -0.39 is 0 Å². The van der Waals surface area contributed by atoms with Crippen LogP contribution >= 0.6 is 0 Å². The maximum Gasteiger partial charge on any atom is 0.258 e. The van der Waals surface area contributed by atoms with E-state index in [1.54, 1.807) is 6.33 Å². The van der Waals surface area contributed by atoms with E-state index in [1.807, 2.05) is 28.8 Å². The normalized spacial score (nSPS) is 11.2. The van der Waals surface area contributed by atoms with Crippen LogP contribution in [0.15, 0.2) is 47.4 Å². The van der Waals surface area contributed by atoms with Gasteiger partial charge >= 0.3 is 0 Å². The van der Waals surface area contributed by atoms with Gasteiger partial charge in [-0.25, -0.2) is 0 Å². The molecule has 0 aliphatic rings. The van der Waals surface area contributed by atoms with Gasteiger partial charge < -0.3 is 4.52 Å². The summed E-state index contributed by atoms with van der Waals surface area (Å²) in [7, 11) is 0. The maximum atomic E-state index is 5.39. The summed E-state index contributed by atoms with van der Waals surface area (Å²) in [6.07, 6.45) is 3.52. The van der Waals surface area contributed by atoms with Gasteiger partial charge in [0, 0.05) is 17.3 Å². The van der Waals surface area contributed by atoms with E-state index >= 15 is 0 Å². The van der Waals surface area contributed by atoms with Crippen molar-refractivity contribution in [1.82, 2.24) is 24.7 Å². The molecule has 0 bridgehead atoms. The fourth-order valence-corrected chi connectivity index (χ4v) is 2.29. The number of hydrogen-bond donors (Lipinski definition) is 0. The Labute approximate surface area is 126 Å². The van der Waals surface area contributed by atoms with Crippen molar-refractivity contribution in [3.8, 4) is 22.8 Å². The largest absolute Gasteiger partial charge is 0.334 e. The fourth-order valence-electron chi connectivity index (χ4n) is 2.29.